The second kappa shape index (κ2) is 10.1. The summed E-state index contributed by atoms with van der Waals surface area (Å²) < 4.78 is 7.18. The van der Waals surface area contributed by atoms with Crippen LogP contribution >= 0.6 is 11.6 Å². The number of hydrogen-bond acceptors (Lipinski definition) is 4. The standard InChI is InChI=1S/C18H25ClN4O2/c1-3-22(4-2)12-5-11-20-18(24)17-10-13-23(21-17)14-25-16-8-6-15(19)7-9-16/h6-10,13H,3-5,11-12,14H2,1-2H3,(H,20,24). The zero-order chi connectivity index (χ0) is 18.1. The van der Waals surface area contributed by atoms with Crippen LogP contribution < -0.4 is 10.1 Å². The highest BCUT2D eigenvalue weighted by Gasteiger charge is 2.09. The number of aromatic nitrogens is 2. The maximum absolute atomic E-state index is 12.1. The van der Waals surface area contributed by atoms with Crippen LogP contribution in [0.4, 0.5) is 0 Å². The van der Waals surface area contributed by atoms with Gasteiger partial charge in [0.2, 0.25) is 0 Å². The van der Waals surface area contributed by atoms with Gasteiger partial charge in [-0.3, -0.25) is 4.79 Å². The molecule has 0 saturated heterocycles. The Morgan fingerprint density at radius 2 is 1.96 bits per heavy atom. The lowest BCUT2D eigenvalue weighted by Crippen LogP contribution is -2.30. The molecular formula is C18H25ClN4O2. The third kappa shape index (κ3) is 6.40. The van der Waals surface area contributed by atoms with E-state index in [0.29, 0.717) is 23.0 Å². The maximum atomic E-state index is 12.1. The summed E-state index contributed by atoms with van der Waals surface area (Å²) in [6, 6.07) is 8.78. The fourth-order valence-corrected chi connectivity index (χ4v) is 2.49. The van der Waals surface area contributed by atoms with Gasteiger partial charge in [-0.1, -0.05) is 25.4 Å². The van der Waals surface area contributed by atoms with Gasteiger partial charge in [0.15, 0.2) is 6.73 Å². The third-order valence-corrected chi connectivity index (χ3v) is 4.13. The molecule has 25 heavy (non-hydrogen) atoms. The molecule has 2 rings (SSSR count). The van der Waals surface area contributed by atoms with Gasteiger partial charge in [0, 0.05) is 17.8 Å². The Labute approximate surface area is 153 Å². The quantitative estimate of drug-likeness (QED) is 0.658. The summed E-state index contributed by atoms with van der Waals surface area (Å²) in [5, 5.41) is 7.79. The minimum atomic E-state index is -0.162. The van der Waals surface area contributed by atoms with Crippen LogP contribution in [0.2, 0.25) is 5.02 Å². The molecule has 0 radical (unpaired) electrons. The highest BCUT2D eigenvalue weighted by Crippen LogP contribution is 2.15. The topological polar surface area (TPSA) is 59.4 Å². The average Bonchev–Trinajstić information content (AvgIpc) is 3.10. The molecular weight excluding hydrogens is 340 g/mol. The summed E-state index contributed by atoms with van der Waals surface area (Å²) >= 11 is 5.83. The Bertz CT molecular complexity index is 653. The first kappa shape index (κ1) is 19.3. The van der Waals surface area contributed by atoms with Crippen molar-refractivity contribution < 1.29 is 9.53 Å². The molecule has 1 amide bonds. The van der Waals surface area contributed by atoms with Crippen LogP contribution in [0, 0.1) is 0 Å². The van der Waals surface area contributed by atoms with E-state index in [-0.39, 0.29) is 12.6 Å². The van der Waals surface area contributed by atoms with E-state index in [2.05, 4.69) is 29.2 Å². The summed E-state index contributed by atoms with van der Waals surface area (Å²) in [4.78, 5) is 14.4. The summed E-state index contributed by atoms with van der Waals surface area (Å²) in [6.07, 6.45) is 2.65. The number of rotatable bonds is 10. The summed E-state index contributed by atoms with van der Waals surface area (Å²) in [5.74, 6) is 0.534. The molecule has 0 bridgehead atoms. The third-order valence-electron chi connectivity index (χ3n) is 3.88. The van der Waals surface area contributed by atoms with Crippen molar-refractivity contribution in [1.29, 1.82) is 0 Å². The van der Waals surface area contributed by atoms with E-state index in [1.54, 1.807) is 41.2 Å². The molecule has 6 nitrogen and oxygen atoms in total. The monoisotopic (exact) mass is 364 g/mol. The van der Waals surface area contributed by atoms with Crippen molar-refractivity contribution in [2.45, 2.75) is 27.0 Å². The van der Waals surface area contributed by atoms with Gasteiger partial charge in [-0.2, -0.15) is 5.10 Å². The first-order valence-electron chi connectivity index (χ1n) is 8.54. The molecule has 136 valence electrons. The largest absolute Gasteiger partial charge is 0.471 e. The minimum Gasteiger partial charge on any atom is -0.471 e. The normalized spacial score (nSPS) is 10.9. The van der Waals surface area contributed by atoms with Crippen LogP contribution in [0.1, 0.15) is 30.8 Å². The van der Waals surface area contributed by atoms with E-state index >= 15 is 0 Å². The van der Waals surface area contributed by atoms with Crippen molar-refractivity contribution in [2.75, 3.05) is 26.2 Å². The summed E-state index contributed by atoms with van der Waals surface area (Å²) in [5.41, 5.74) is 0.391. The number of amides is 1. The molecule has 1 heterocycles. The molecule has 0 spiro atoms. The van der Waals surface area contributed by atoms with Gasteiger partial charge in [0.05, 0.1) is 0 Å². The van der Waals surface area contributed by atoms with Crippen molar-refractivity contribution in [3.8, 4) is 5.75 Å². The Morgan fingerprint density at radius 1 is 1.24 bits per heavy atom. The second-order valence-corrected chi connectivity index (χ2v) is 6.04. The Kier molecular flexibility index (Phi) is 7.76. The van der Waals surface area contributed by atoms with Crippen LogP contribution in [-0.2, 0) is 6.73 Å². The zero-order valence-electron chi connectivity index (χ0n) is 14.7. The zero-order valence-corrected chi connectivity index (χ0v) is 15.5. The van der Waals surface area contributed by atoms with Gasteiger partial charge < -0.3 is 15.0 Å². The molecule has 7 heteroatoms. The van der Waals surface area contributed by atoms with Gasteiger partial charge in [0.1, 0.15) is 11.4 Å². The highest BCUT2D eigenvalue weighted by atomic mass is 35.5. The molecule has 1 aromatic heterocycles. The lowest BCUT2D eigenvalue weighted by atomic mass is 10.3. The smallest absolute Gasteiger partial charge is 0.271 e. The van der Waals surface area contributed by atoms with Gasteiger partial charge in [-0.05, 0) is 56.4 Å². The first-order valence-corrected chi connectivity index (χ1v) is 8.92. The first-order chi connectivity index (χ1) is 12.1. The molecule has 0 aliphatic carbocycles. The van der Waals surface area contributed by atoms with Crippen molar-refractivity contribution in [2.24, 2.45) is 0 Å². The van der Waals surface area contributed by atoms with Gasteiger partial charge in [0.25, 0.3) is 5.91 Å². The van der Waals surface area contributed by atoms with E-state index in [0.717, 1.165) is 26.1 Å². The second-order valence-electron chi connectivity index (χ2n) is 5.60. The fourth-order valence-electron chi connectivity index (χ4n) is 2.36. The highest BCUT2D eigenvalue weighted by molar-refractivity contribution is 6.30. The van der Waals surface area contributed by atoms with E-state index in [9.17, 15) is 4.79 Å². The predicted octanol–water partition coefficient (Wildman–Crippen LogP) is 3.03. The molecule has 0 fully saturated rings. The molecule has 0 saturated carbocycles. The predicted molar refractivity (Wildman–Crippen MR) is 99.0 cm³/mol. The number of carbonyl (C=O) groups excluding carboxylic acids is 1. The number of nitrogens with zero attached hydrogens (tertiary/aromatic N) is 3. The van der Waals surface area contributed by atoms with Crippen LogP contribution in [-0.4, -0.2) is 46.8 Å². The van der Waals surface area contributed by atoms with Crippen LogP contribution in [0.3, 0.4) is 0 Å². The van der Waals surface area contributed by atoms with Crippen LogP contribution in [0.5, 0.6) is 5.75 Å². The van der Waals surface area contributed by atoms with E-state index in [4.69, 9.17) is 16.3 Å². The Morgan fingerprint density at radius 3 is 2.64 bits per heavy atom. The van der Waals surface area contributed by atoms with Crippen LogP contribution in [0.25, 0.3) is 0 Å². The molecule has 1 N–H and O–H groups in total. The number of halogens is 1. The summed E-state index contributed by atoms with van der Waals surface area (Å²) in [7, 11) is 0. The van der Waals surface area contributed by atoms with Gasteiger partial charge in [-0.25, -0.2) is 4.68 Å². The number of ether oxygens (including phenoxy) is 1. The molecule has 0 aliphatic heterocycles. The Hall–Kier alpha value is -2.05. The van der Waals surface area contributed by atoms with Crippen molar-refractivity contribution in [3.05, 3.63) is 47.2 Å². The molecule has 2 aromatic rings. The van der Waals surface area contributed by atoms with Crippen LogP contribution in [0.15, 0.2) is 36.5 Å². The molecule has 0 aliphatic rings. The van der Waals surface area contributed by atoms with Gasteiger partial charge in [-0.15, -0.1) is 0 Å². The summed E-state index contributed by atoms with van der Waals surface area (Å²) in [6.45, 7) is 8.20. The molecule has 1 aromatic carbocycles. The molecule has 0 atom stereocenters. The average molecular weight is 365 g/mol. The van der Waals surface area contributed by atoms with Crippen molar-refractivity contribution in [1.82, 2.24) is 20.0 Å². The molecule has 0 unspecified atom stereocenters. The minimum absolute atomic E-state index is 0.162. The number of carbonyl (C=O) groups is 1. The van der Waals surface area contributed by atoms with Gasteiger partial charge >= 0.3 is 0 Å². The Balaban J connectivity index is 1.74. The fraction of sp³-hybridized carbons (Fsp3) is 0.444. The lowest BCUT2D eigenvalue weighted by molar-refractivity contribution is 0.0945. The van der Waals surface area contributed by atoms with Crippen molar-refractivity contribution >= 4 is 17.5 Å². The van der Waals surface area contributed by atoms with E-state index < -0.39 is 0 Å². The SMILES string of the molecule is CCN(CC)CCCNC(=O)c1ccn(COc2ccc(Cl)cc2)n1. The lowest BCUT2D eigenvalue weighted by Gasteiger charge is -2.17. The van der Waals surface area contributed by atoms with E-state index in [1.165, 1.54) is 0 Å². The maximum Gasteiger partial charge on any atom is 0.271 e. The van der Waals surface area contributed by atoms with E-state index in [1.807, 2.05) is 0 Å². The number of hydrogen-bond donors (Lipinski definition) is 1. The van der Waals surface area contributed by atoms with Crippen molar-refractivity contribution in [3.63, 3.8) is 0 Å². The number of benzene rings is 1. The number of nitrogens with one attached hydrogen (secondary N) is 1.